The number of methoxy groups -OCH3 is 1. The van der Waals surface area contributed by atoms with Gasteiger partial charge in [0.1, 0.15) is 5.75 Å². The Morgan fingerprint density at radius 1 is 1.26 bits per heavy atom. The van der Waals surface area contributed by atoms with Crippen LogP contribution in [0.15, 0.2) is 48.7 Å². The van der Waals surface area contributed by atoms with Crippen LogP contribution >= 0.6 is 11.6 Å². The fourth-order valence-corrected chi connectivity index (χ4v) is 2.75. The number of carbonyl (C=O) groups is 1. The number of benzene rings is 2. The van der Waals surface area contributed by atoms with Gasteiger partial charge in [0.05, 0.1) is 12.8 Å². The minimum absolute atomic E-state index is 0.0733. The Bertz CT molecular complexity index is 842. The minimum atomic E-state index is -0.0733. The number of carbonyl (C=O) groups excluding carboxylic acids is 1. The summed E-state index contributed by atoms with van der Waals surface area (Å²) in [7, 11) is 1.56. The number of halogens is 1. The Morgan fingerprint density at radius 2 is 2.09 bits per heavy atom. The maximum absolute atomic E-state index is 12.2. The highest BCUT2D eigenvalue weighted by Gasteiger charge is 2.10. The normalized spacial score (nSPS) is 10.7. The van der Waals surface area contributed by atoms with Gasteiger partial charge in [-0.1, -0.05) is 29.8 Å². The topological polar surface area (TPSA) is 54.1 Å². The van der Waals surface area contributed by atoms with Crippen LogP contribution in [0, 0.1) is 0 Å². The zero-order chi connectivity index (χ0) is 16.2. The number of H-pyrrole nitrogens is 1. The van der Waals surface area contributed by atoms with Gasteiger partial charge in [-0.05, 0) is 36.2 Å². The number of aromatic nitrogens is 1. The lowest BCUT2D eigenvalue weighted by Gasteiger charge is -2.10. The number of anilines is 1. The van der Waals surface area contributed by atoms with Crippen molar-refractivity contribution >= 4 is 34.1 Å². The van der Waals surface area contributed by atoms with E-state index in [1.54, 1.807) is 25.3 Å². The summed E-state index contributed by atoms with van der Waals surface area (Å²) in [6.45, 7) is 0. The van der Waals surface area contributed by atoms with E-state index in [-0.39, 0.29) is 5.91 Å². The lowest BCUT2D eigenvalue weighted by atomic mass is 10.1. The van der Waals surface area contributed by atoms with Gasteiger partial charge < -0.3 is 15.0 Å². The average molecular weight is 329 g/mol. The van der Waals surface area contributed by atoms with Crippen LogP contribution in [-0.2, 0) is 11.2 Å². The third-order valence-electron chi connectivity index (χ3n) is 3.73. The maximum Gasteiger partial charge on any atom is 0.224 e. The van der Waals surface area contributed by atoms with Crippen molar-refractivity contribution in [2.45, 2.75) is 12.8 Å². The van der Waals surface area contributed by atoms with Crippen LogP contribution < -0.4 is 10.1 Å². The van der Waals surface area contributed by atoms with E-state index in [0.29, 0.717) is 29.3 Å². The molecule has 4 nitrogen and oxygen atoms in total. The SMILES string of the molecule is COc1ccc(Cl)cc1NC(=O)CCc1c[nH]c2ccccc12. The number of para-hydroxylation sites is 1. The molecule has 1 amide bonds. The van der Waals surface area contributed by atoms with Crippen LogP contribution in [0.3, 0.4) is 0 Å². The molecule has 0 saturated carbocycles. The summed E-state index contributed by atoms with van der Waals surface area (Å²) in [5.74, 6) is 0.519. The minimum Gasteiger partial charge on any atom is -0.495 e. The first-order chi connectivity index (χ1) is 11.2. The van der Waals surface area contributed by atoms with Gasteiger partial charge in [0, 0.05) is 28.5 Å². The molecule has 3 rings (SSSR count). The van der Waals surface area contributed by atoms with Crippen LogP contribution in [0.4, 0.5) is 5.69 Å². The Hall–Kier alpha value is -2.46. The molecule has 2 N–H and O–H groups in total. The molecule has 0 radical (unpaired) electrons. The van der Waals surface area contributed by atoms with Crippen LogP contribution in [0.1, 0.15) is 12.0 Å². The number of amides is 1. The van der Waals surface area contributed by atoms with Gasteiger partial charge >= 0.3 is 0 Å². The van der Waals surface area contributed by atoms with Crippen LogP contribution in [0.25, 0.3) is 10.9 Å². The number of hydrogen-bond donors (Lipinski definition) is 2. The van der Waals surface area contributed by atoms with Crippen molar-refractivity contribution in [2.75, 3.05) is 12.4 Å². The number of ether oxygens (including phenoxy) is 1. The van der Waals surface area contributed by atoms with Crippen LogP contribution in [0.2, 0.25) is 5.02 Å². The number of aromatic amines is 1. The quantitative estimate of drug-likeness (QED) is 0.729. The van der Waals surface area contributed by atoms with E-state index in [4.69, 9.17) is 16.3 Å². The van der Waals surface area contributed by atoms with E-state index < -0.39 is 0 Å². The van der Waals surface area contributed by atoms with Crippen LogP contribution in [-0.4, -0.2) is 18.0 Å². The Kier molecular flexibility index (Phi) is 4.53. The van der Waals surface area contributed by atoms with Crippen LogP contribution in [0.5, 0.6) is 5.75 Å². The molecular weight excluding hydrogens is 312 g/mol. The Labute approximate surface area is 139 Å². The molecule has 0 saturated heterocycles. The first-order valence-corrected chi connectivity index (χ1v) is 7.73. The predicted molar refractivity (Wildman–Crippen MR) is 93.3 cm³/mol. The lowest BCUT2D eigenvalue weighted by Crippen LogP contribution is -2.13. The van der Waals surface area contributed by atoms with Gasteiger partial charge in [-0.15, -0.1) is 0 Å². The van der Waals surface area contributed by atoms with E-state index in [1.807, 2.05) is 24.4 Å². The van der Waals surface area contributed by atoms with Crippen molar-refractivity contribution in [3.05, 3.63) is 59.2 Å². The summed E-state index contributed by atoms with van der Waals surface area (Å²) in [6, 6.07) is 13.2. The molecule has 0 aliphatic rings. The number of fused-ring (bicyclic) bond motifs is 1. The molecule has 2 aromatic carbocycles. The molecule has 0 aliphatic heterocycles. The van der Waals surface area contributed by atoms with Crippen molar-refractivity contribution in [2.24, 2.45) is 0 Å². The van der Waals surface area contributed by atoms with E-state index in [0.717, 1.165) is 16.5 Å². The highest BCUT2D eigenvalue weighted by atomic mass is 35.5. The van der Waals surface area contributed by atoms with E-state index in [1.165, 1.54) is 0 Å². The second kappa shape index (κ2) is 6.75. The standard InChI is InChI=1S/C18H17ClN2O2/c1-23-17-8-7-13(19)10-16(17)21-18(22)9-6-12-11-20-15-5-3-2-4-14(12)15/h2-5,7-8,10-11,20H,6,9H2,1H3,(H,21,22). The summed E-state index contributed by atoms with van der Waals surface area (Å²) in [6.07, 6.45) is 3.01. The Balaban J connectivity index is 1.67. The summed E-state index contributed by atoms with van der Waals surface area (Å²) in [4.78, 5) is 15.4. The molecule has 118 valence electrons. The molecule has 23 heavy (non-hydrogen) atoms. The predicted octanol–water partition coefficient (Wildman–Crippen LogP) is 4.40. The molecule has 0 unspecified atom stereocenters. The highest BCUT2D eigenvalue weighted by molar-refractivity contribution is 6.31. The molecule has 1 heterocycles. The number of nitrogens with one attached hydrogen (secondary N) is 2. The molecule has 5 heteroatoms. The van der Waals surface area contributed by atoms with Crippen molar-refractivity contribution in [1.82, 2.24) is 4.98 Å². The fraction of sp³-hybridized carbons (Fsp3) is 0.167. The molecule has 0 atom stereocenters. The third kappa shape index (κ3) is 3.48. The number of aryl methyl sites for hydroxylation is 1. The van der Waals surface area contributed by atoms with Crippen molar-refractivity contribution < 1.29 is 9.53 Å². The van der Waals surface area contributed by atoms with E-state index >= 15 is 0 Å². The van der Waals surface area contributed by atoms with E-state index in [9.17, 15) is 4.79 Å². The van der Waals surface area contributed by atoms with Crippen molar-refractivity contribution in [3.63, 3.8) is 0 Å². The van der Waals surface area contributed by atoms with Gasteiger partial charge in [0.2, 0.25) is 5.91 Å². The van der Waals surface area contributed by atoms with Gasteiger partial charge in [-0.2, -0.15) is 0 Å². The maximum atomic E-state index is 12.2. The van der Waals surface area contributed by atoms with Crippen molar-refractivity contribution in [3.8, 4) is 5.75 Å². The first kappa shape index (κ1) is 15.4. The molecule has 0 spiro atoms. The summed E-state index contributed by atoms with van der Waals surface area (Å²) in [5.41, 5.74) is 2.80. The van der Waals surface area contributed by atoms with Gasteiger partial charge in [-0.25, -0.2) is 0 Å². The number of hydrogen-bond acceptors (Lipinski definition) is 2. The third-order valence-corrected chi connectivity index (χ3v) is 3.97. The largest absolute Gasteiger partial charge is 0.495 e. The molecule has 0 bridgehead atoms. The zero-order valence-electron chi connectivity index (χ0n) is 12.7. The molecule has 0 aliphatic carbocycles. The first-order valence-electron chi connectivity index (χ1n) is 7.36. The second-order valence-corrected chi connectivity index (χ2v) is 5.69. The van der Waals surface area contributed by atoms with E-state index in [2.05, 4.69) is 16.4 Å². The summed E-state index contributed by atoms with van der Waals surface area (Å²) < 4.78 is 5.23. The summed E-state index contributed by atoms with van der Waals surface area (Å²) in [5, 5.41) is 4.56. The molecule has 0 fully saturated rings. The average Bonchev–Trinajstić information content (AvgIpc) is 2.96. The smallest absolute Gasteiger partial charge is 0.224 e. The number of rotatable bonds is 5. The van der Waals surface area contributed by atoms with Gasteiger partial charge in [0.25, 0.3) is 0 Å². The second-order valence-electron chi connectivity index (χ2n) is 5.25. The van der Waals surface area contributed by atoms with Crippen molar-refractivity contribution in [1.29, 1.82) is 0 Å². The molecule has 1 aromatic heterocycles. The monoisotopic (exact) mass is 328 g/mol. The summed E-state index contributed by atoms with van der Waals surface area (Å²) >= 11 is 5.97. The lowest BCUT2D eigenvalue weighted by molar-refractivity contribution is -0.116. The molecule has 3 aromatic rings. The fourth-order valence-electron chi connectivity index (χ4n) is 2.58. The van der Waals surface area contributed by atoms with Gasteiger partial charge in [-0.3, -0.25) is 4.79 Å². The van der Waals surface area contributed by atoms with Gasteiger partial charge in [0.15, 0.2) is 0 Å². The zero-order valence-corrected chi connectivity index (χ0v) is 13.5. The molecular formula is C18H17ClN2O2. The Morgan fingerprint density at radius 3 is 2.91 bits per heavy atom. The highest BCUT2D eigenvalue weighted by Crippen LogP contribution is 2.28.